The molecule has 1 fully saturated rings. The second-order valence-corrected chi connectivity index (χ2v) is 10.8. The Morgan fingerprint density at radius 2 is 1.69 bits per heavy atom. The molecule has 2 aliphatic rings. The van der Waals surface area contributed by atoms with Gasteiger partial charge in [-0.15, -0.1) is 0 Å². The number of sulfonamides is 1. The van der Waals surface area contributed by atoms with Gasteiger partial charge < -0.3 is 10.2 Å². The molecule has 0 aromatic heterocycles. The molecular weight excluding hydrogens is 465 g/mol. The highest BCUT2D eigenvalue weighted by molar-refractivity contribution is 7.89. The summed E-state index contributed by atoms with van der Waals surface area (Å²) < 4.78 is 44.5. The molecule has 1 aliphatic carbocycles. The Hall–Kier alpha value is -3.23. The van der Waals surface area contributed by atoms with Crippen molar-refractivity contribution in [1.82, 2.24) is 4.72 Å². The predicted molar refractivity (Wildman–Crippen MR) is 135 cm³/mol. The Labute approximate surface area is 205 Å². The number of carbonyl (C=O) groups is 1. The predicted octanol–water partition coefficient (Wildman–Crippen LogP) is 5.03. The number of fused-ring (bicyclic) bond motifs is 1. The van der Waals surface area contributed by atoms with E-state index in [0.29, 0.717) is 11.4 Å². The minimum atomic E-state index is -3.92. The van der Waals surface area contributed by atoms with E-state index in [1.54, 1.807) is 18.2 Å². The third kappa shape index (κ3) is 4.94. The third-order valence-corrected chi connectivity index (χ3v) is 8.24. The van der Waals surface area contributed by atoms with E-state index < -0.39 is 21.7 Å². The average Bonchev–Trinajstić information content (AvgIpc) is 3.39. The zero-order valence-electron chi connectivity index (χ0n) is 19.3. The molecule has 0 bridgehead atoms. The Bertz CT molecular complexity index is 1350. The summed E-state index contributed by atoms with van der Waals surface area (Å²) in [6.07, 6.45) is 4.55. The number of halogens is 1. The molecule has 6 nitrogen and oxygen atoms in total. The molecule has 0 radical (unpaired) electrons. The van der Waals surface area contributed by atoms with E-state index in [1.807, 2.05) is 24.3 Å². The van der Waals surface area contributed by atoms with Crippen molar-refractivity contribution < 1.29 is 17.6 Å². The van der Waals surface area contributed by atoms with Crippen molar-refractivity contribution in [3.63, 3.8) is 0 Å². The Morgan fingerprint density at radius 1 is 0.943 bits per heavy atom. The lowest BCUT2D eigenvalue weighted by Gasteiger charge is -2.28. The van der Waals surface area contributed by atoms with Gasteiger partial charge in [0.25, 0.3) is 5.91 Å². The van der Waals surface area contributed by atoms with Gasteiger partial charge in [0.1, 0.15) is 10.7 Å². The van der Waals surface area contributed by atoms with Crippen molar-refractivity contribution in [3.05, 3.63) is 89.2 Å². The first-order valence-electron chi connectivity index (χ1n) is 12.0. The number of rotatable bonds is 6. The van der Waals surface area contributed by atoms with Crippen LogP contribution in [0.3, 0.4) is 0 Å². The normalized spacial score (nSPS) is 17.7. The molecule has 182 valence electrons. The van der Waals surface area contributed by atoms with Crippen LogP contribution in [0.1, 0.15) is 53.2 Å². The molecule has 3 aromatic rings. The van der Waals surface area contributed by atoms with E-state index >= 15 is 0 Å². The maximum Gasteiger partial charge on any atom is 0.258 e. The lowest BCUT2D eigenvalue weighted by Crippen LogP contribution is -2.32. The molecule has 0 spiro atoms. The minimum absolute atomic E-state index is 0.0996. The highest BCUT2D eigenvalue weighted by Gasteiger charge is 2.29. The van der Waals surface area contributed by atoms with Crippen molar-refractivity contribution in [2.24, 2.45) is 0 Å². The van der Waals surface area contributed by atoms with Gasteiger partial charge in [-0.2, -0.15) is 0 Å². The summed E-state index contributed by atoms with van der Waals surface area (Å²) in [7, 11) is -3.92. The number of hydrogen-bond donors (Lipinski definition) is 2. The molecule has 8 heteroatoms. The molecule has 35 heavy (non-hydrogen) atoms. The molecule has 1 heterocycles. The first-order valence-corrected chi connectivity index (χ1v) is 13.5. The fourth-order valence-electron chi connectivity index (χ4n) is 5.00. The molecule has 1 saturated heterocycles. The van der Waals surface area contributed by atoms with Crippen LogP contribution < -0.4 is 14.9 Å². The standard InChI is InChI=1S/C27H28FN3O3S/c28-23-12-4-3-11-22(23)27(32)29-20-14-15-25(31-16-5-6-17-31)26(18-20)35(33,34)30-24-13-7-9-19-8-1-2-10-21(19)24/h1-4,8,10-12,14-15,18,24,30H,5-7,9,13,16-17H2,(H,29,32). The van der Waals surface area contributed by atoms with Crippen molar-refractivity contribution in [3.8, 4) is 0 Å². The summed E-state index contributed by atoms with van der Waals surface area (Å²) in [6, 6.07) is 18.2. The van der Waals surface area contributed by atoms with Crippen LogP contribution in [0, 0.1) is 5.82 Å². The maximum absolute atomic E-state index is 14.1. The Morgan fingerprint density at radius 3 is 2.49 bits per heavy atom. The summed E-state index contributed by atoms with van der Waals surface area (Å²) in [5, 5.41) is 2.66. The number of amides is 1. The van der Waals surface area contributed by atoms with Crippen LogP contribution in [-0.2, 0) is 16.4 Å². The molecule has 1 aliphatic heterocycles. The molecular formula is C27H28FN3O3S. The SMILES string of the molecule is O=C(Nc1ccc(N2CCCC2)c(S(=O)(=O)NC2CCCc3ccccc32)c1)c1ccccc1F. The molecule has 3 aromatic carbocycles. The van der Waals surface area contributed by atoms with Crippen molar-refractivity contribution in [1.29, 1.82) is 0 Å². The Kier molecular flexibility index (Phi) is 6.58. The summed E-state index contributed by atoms with van der Waals surface area (Å²) >= 11 is 0. The highest BCUT2D eigenvalue weighted by Crippen LogP contribution is 2.35. The quantitative estimate of drug-likeness (QED) is 0.505. The van der Waals surface area contributed by atoms with Crippen LogP contribution in [0.4, 0.5) is 15.8 Å². The largest absolute Gasteiger partial charge is 0.370 e. The van der Waals surface area contributed by atoms with Crippen LogP contribution in [0.15, 0.2) is 71.6 Å². The fourth-order valence-corrected chi connectivity index (χ4v) is 6.50. The van der Waals surface area contributed by atoms with Crippen LogP contribution in [0.25, 0.3) is 0 Å². The van der Waals surface area contributed by atoms with Gasteiger partial charge in [0, 0.05) is 24.8 Å². The zero-order chi connectivity index (χ0) is 24.4. The molecule has 5 rings (SSSR count). The molecule has 1 atom stereocenters. The Balaban J connectivity index is 1.48. The lowest BCUT2D eigenvalue weighted by atomic mass is 9.88. The van der Waals surface area contributed by atoms with Gasteiger partial charge in [-0.1, -0.05) is 36.4 Å². The van der Waals surface area contributed by atoms with E-state index in [2.05, 4.69) is 14.9 Å². The van der Waals surface area contributed by atoms with Gasteiger partial charge in [-0.05, 0) is 73.6 Å². The van der Waals surface area contributed by atoms with E-state index in [-0.39, 0.29) is 16.5 Å². The summed E-state index contributed by atoms with van der Waals surface area (Å²) in [5.74, 6) is -1.27. The second kappa shape index (κ2) is 9.79. The van der Waals surface area contributed by atoms with Crippen LogP contribution >= 0.6 is 0 Å². The summed E-state index contributed by atoms with van der Waals surface area (Å²) in [5.41, 5.74) is 2.98. The number of nitrogens with zero attached hydrogens (tertiary/aromatic N) is 1. The number of anilines is 2. The highest BCUT2D eigenvalue weighted by atomic mass is 32.2. The molecule has 2 N–H and O–H groups in total. The van der Waals surface area contributed by atoms with Gasteiger partial charge in [0.05, 0.1) is 11.3 Å². The van der Waals surface area contributed by atoms with Gasteiger partial charge >= 0.3 is 0 Å². The van der Waals surface area contributed by atoms with E-state index in [4.69, 9.17) is 0 Å². The lowest BCUT2D eigenvalue weighted by molar-refractivity contribution is 0.102. The van der Waals surface area contributed by atoms with Crippen LogP contribution in [-0.4, -0.2) is 27.4 Å². The summed E-state index contributed by atoms with van der Waals surface area (Å²) in [6.45, 7) is 1.55. The van der Waals surface area contributed by atoms with E-state index in [1.165, 1.54) is 24.3 Å². The van der Waals surface area contributed by atoms with Crippen molar-refractivity contribution >= 4 is 27.3 Å². The second-order valence-electron chi connectivity index (χ2n) is 9.08. The molecule has 0 saturated carbocycles. The maximum atomic E-state index is 14.1. The van der Waals surface area contributed by atoms with E-state index in [9.17, 15) is 17.6 Å². The van der Waals surface area contributed by atoms with Crippen molar-refractivity contribution in [2.75, 3.05) is 23.3 Å². The topological polar surface area (TPSA) is 78.5 Å². The average molecular weight is 494 g/mol. The molecule has 1 unspecified atom stereocenters. The first-order chi connectivity index (χ1) is 16.9. The molecule has 1 amide bonds. The van der Waals surface area contributed by atoms with Gasteiger partial charge in [-0.25, -0.2) is 17.5 Å². The van der Waals surface area contributed by atoms with Crippen LogP contribution in [0.5, 0.6) is 0 Å². The monoisotopic (exact) mass is 493 g/mol. The first kappa shape index (κ1) is 23.5. The fraction of sp³-hybridized carbons (Fsp3) is 0.296. The number of hydrogen-bond acceptors (Lipinski definition) is 4. The van der Waals surface area contributed by atoms with Gasteiger partial charge in [0.2, 0.25) is 10.0 Å². The zero-order valence-corrected chi connectivity index (χ0v) is 20.2. The van der Waals surface area contributed by atoms with Gasteiger partial charge in [-0.3, -0.25) is 4.79 Å². The summed E-state index contributed by atoms with van der Waals surface area (Å²) in [4.78, 5) is 14.8. The number of benzene rings is 3. The van der Waals surface area contributed by atoms with Gasteiger partial charge in [0.15, 0.2) is 0 Å². The van der Waals surface area contributed by atoms with E-state index in [0.717, 1.165) is 56.3 Å². The third-order valence-electron chi connectivity index (χ3n) is 6.74. The number of carbonyl (C=O) groups excluding carboxylic acids is 1. The van der Waals surface area contributed by atoms with Crippen LogP contribution in [0.2, 0.25) is 0 Å². The number of aryl methyl sites for hydroxylation is 1. The van der Waals surface area contributed by atoms with Crippen molar-refractivity contribution in [2.45, 2.75) is 43.0 Å². The number of nitrogens with one attached hydrogen (secondary N) is 2. The minimum Gasteiger partial charge on any atom is -0.370 e. The smallest absolute Gasteiger partial charge is 0.258 e.